The highest BCUT2D eigenvalue weighted by molar-refractivity contribution is 7.92. The second-order valence-electron chi connectivity index (χ2n) is 7.31. The monoisotopic (exact) mass is 402 g/mol. The van der Waals surface area contributed by atoms with Crippen LogP contribution in [0.4, 0.5) is 5.69 Å². The van der Waals surface area contributed by atoms with Crippen molar-refractivity contribution >= 4 is 21.6 Å². The van der Waals surface area contributed by atoms with Crippen LogP contribution in [0.25, 0.3) is 0 Å². The van der Waals surface area contributed by atoms with Crippen LogP contribution in [0, 0.1) is 13.8 Å². The number of carbonyl (C=O) groups excluding carboxylic acids is 1. The number of carbonyl (C=O) groups is 1. The minimum atomic E-state index is -3.62. The van der Waals surface area contributed by atoms with E-state index in [0.717, 1.165) is 22.9 Å². The molecule has 0 heterocycles. The van der Waals surface area contributed by atoms with Crippen LogP contribution in [0.3, 0.4) is 0 Å². The van der Waals surface area contributed by atoms with Gasteiger partial charge in [-0.3, -0.25) is 9.10 Å². The molecule has 0 fully saturated rings. The summed E-state index contributed by atoms with van der Waals surface area (Å²) in [5, 5.41) is 2.94. The van der Waals surface area contributed by atoms with Gasteiger partial charge in [-0.2, -0.15) is 0 Å². The largest absolute Gasteiger partial charge is 0.354 e. The fourth-order valence-electron chi connectivity index (χ4n) is 3.19. The van der Waals surface area contributed by atoms with Crippen molar-refractivity contribution < 1.29 is 13.2 Å². The first-order valence-corrected chi connectivity index (χ1v) is 11.4. The molecular weight excluding hydrogens is 372 g/mol. The average Bonchev–Trinajstić information content (AvgIpc) is 2.66. The minimum absolute atomic E-state index is 0.135. The minimum Gasteiger partial charge on any atom is -0.354 e. The number of rotatable bonds is 8. The van der Waals surface area contributed by atoms with Gasteiger partial charge >= 0.3 is 0 Å². The van der Waals surface area contributed by atoms with Crippen molar-refractivity contribution in [3.63, 3.8) is 0 Å². The first-order valence-electron chi connectivity index (χ1n) is 9.54. The van der Waals surface area contributed by atoms with Crippen LogP contribution in [-0.4, -0.2) is 33.2 Å². The Morgan fingerprint density at radius 2 is 1.71 bits per heavy atom. The number of aryl methyl sites for hydroxylation is 2. The van der Waals surface area contributed by atoms with Gasteiger partial charge in [-0.05, 0) is 55.0 Å². The third-order valence-corrected chi connectivity index (χ3v) is 6.21. The molecule has 152 valence electrons. The fourth-order valence-corrected chi connectivity index (χ4v) is 4.40. The van der Waals surface area contributed by atoms with Crippen molar-refractivity contribution in [3.05, 3.63) is 65.2 Å². The summed E-state index contributed by atoms with van der Waals surface area (Å²) in [6.07, 6.45) is 1.52. The van der Waals surface area contributed by atoms with E-state index >= 15 is 0 Å². The van der Waals surface area contributed by atoms with Gasteiger partial charge in [0.15, 0.2) is 0 Å². The molecule has 0 radical (unpaired) electrons. The maximum Gasteiger partial charge on any atom is 0.243 e. The summed E-state index contributed by atoms with van der Waals surface area (Å²) in [5.41, 5.74) is 3.71. The molecule has 2 rings (SSSR count). The van der Waals surface area contributed by atoms with Gasteiger partial charge in [-0.15, -0.1) is 0 Å². The summed E-state index contributed by atoms with van der Waals surface area (Å²) >= 11 is 0. The Morgan fingerprint density at radius 1 is 1.07 bits per heavy atom. The van der Waals surface area contributed by atoms with Crippen LogP contribution in [0.1, 0.15) is 42.9 Å². The van der Waals surface area contributed by atoms with E-state index in [0.29, 0.717) is 18.7 Å². The molecule has 5 nitrogen and oxygen atoms in total. The number of nitrogens with one attached hydrogen (secondary N) is 1. The molecule has 2 aromatic carbocycles. The van der Waals surface area contributed by atoms with E-state index in [1.807, 2.05) is 70.2 Å². The van der Waals surface area contributed by atoms with Crippen molar-refractivity contribution in [1.82, 2.24) is 5.32 Å². The van der Waals surface area contributed by atoms with Crippen LogP contribution in [0.15, 0.2) is 48.5 Å². The lowest BCUT2D eigenvalue weighted by Gasteiger charge is -2.31. The molecule has 0 spiro atoms. The van der Waals surface area contributed by atoms with E-state index in [2.05, 4.69) is 5.32 Å². The zero-order valence-corrected chi connectivity index (χ0v) is 18.1. The first kappa shape index (κ1) is 22.0. The molecular formula is C22H30N2O3S. The van der Waals surface area contributed by atoms with Crippen molar-refractivity contribution in [2.24, 2.45) is 0 Å². The number of nitrogens with zero attached hydrogens (tertiary/aromatic N) is 1. The zero-order valence-electron chi connectivity index (χ0n) is 17.3. The number of amides is 1. The highest BCUT2D eigenvalue weighted by Gasteiger charge is 2.31. The highest BCUT2D eigenvalue weighted by atomic mass is 32.2. The third-order valence-electron chi connectivity index (χ3n) is 5.03. The Morgan fingerprint density at radius 3 is 2.25 bits per heavy atom. The maximum absolute atomic E-state index is 12.9. The van der Waals surface area contributed by atoms with Gasteiger partial charge < -0.3 is 5.32 Å². The third kappa shape index (κ3) is 5.35. The Bertz CT molecular complexity index is 911. The molecule has 0 aliphatic heterocycles. The number of sulfonamides is 1. The van der Waals surface area contributed by atoms with Gasteiger partial charge in [0, 0.05) is 6.54 Å². The second kappa shape index (κ2) is 9.24. The topological polar surface area (TPSA) is 66.5 Å². The molecule has 1 amide bonds. The molecule has 0 saturated carbocycles. The number of benzene rings is 2. The molecule has 0 aromatic heterocycles. The quantitative estimate of drug-likeness (QED) is 0.731. The predicted octanol–water partition coefficient (Wildman–Crippen LogP) is 3.77. The van der Waals surface area contributed by atoms with Gasteiger partial charge in [0.1, 0.15) is 6.04 Å². The molecule has 0 aliphatic carbocycles. The number of anilines is 1. The van der Waals surface area contributed by atoms with Gasteiger partial charge in [0.05, 0.1) is 11.9 Å². The van der Waals surface area contributed by atoms with Crippen LogP contribution >= 0.6 is 0 Å². The molecule has 2 aromatic rings. The van der Waals surface area contributed by atoms with Crippen molar-refractivity contribution in [1.29, 1.82) is 0 Å². The van der Waals surface area contributed by atoms with Crippen LogP contribution < -0.4 is 9.62 Å². The molecule has 0 saturated heterocycles. The summed E-state index contributed by atoms with van der Waals surface area (Å²) in [4.78, 5) is 12.9. The van der Waals surface area contributed by atoms with E-state index < -0.39 is 16.1 Å². The average molecular weight is 403 g/mol. The van der Waals surface area contributed by atoms with E-state index in [1.165, 1.54) is 4.31 Å². The standard InChI is InChI=1S/C22H30N2O3S/c1-6-21(22(25)23-15-18(4)19-10-8-7-9-11-19)24(28(5,26)27)20-13-12-16(2)17(3)14-20/h7-14,18,21H,6,15H2,1-5H3,(H,23,25). The van der Waals surface area contributed by atoms with Gasteiger partial charge in [0.2, 0.25) is 15.9 Å². The van der Waals surface area contributed by atoms with Gasteiger partial charge in [0.25, 0.3) is 0 Å². The lowest BCUT2D eigenvalue weighted by molar-refractivity contribution is -0.122. The highest BCUT2D eigenvalue weighted by Crippen LogP contribution is 2.25. The Hall–Kier alpha value is -2.34. The maximum atomic E-state index is 12.9. The molecule has 2 atom stereocenters. The summed E-state index contributed by atoms with van der Waals surface area (Å²) in [6, 6.07) is 14.6. The summed E-state index contributed by atoms with van der Waals surface area (Å²) in [7, 11) is -3.62. The Balaban J connectivity index is 2.23. The van der Waals surface area contributed by atoms with E-state index in [1.54, 1.807) is 6.07 Å². The lowest BCUT2D eigenvalue weighted by atomic mass is 10.0. The van der Waals surface area contributed by atoms with Crippen molar-refractivity contribution in [3.8, 4) is 0 Å². The summed E-state index contributed by atoms with van der Waals surface area (Å²) in [6.45, 7) is 8.21. The van der Waals surface area contributed by atoms with E-state index in [-0.39, 0.29) is 11.8 Å². The lowest BCUT2D eigenvalue weighted by Crippen LogP contribution is -2.49. The van der Waals surface area contributed by atoms with Crippen molar-refractivity contribution in [2.75, 3.05) is 17.1 Å². The summed E-state index contributed by atoms with van der Waals surface area (Å²) < 4.78 is 26.3. The molecule has 0 bridgehead atoms. The van der Waals surface area contributed by atoms with E-state index in [4.69, 9.17) is 0 Å². The fraction of sp³-hybridized carbons (Fsp3) is 0.409. The zero-order chi connectivity index (χ0) is 20.9. The normalized spacial score (nSPS) is 13.6. The van der Waals surface area contributed by atoms with Crippen LogP contribution in [0.2, 0.25) is 0 Å². The Kier molecular flexibility index (Phi) is 7.24. The van der Waals surface area contributed by atoms with Crippen LogP contribution in [0.5, 0.6) is 0 Å². The number of hydrogen-bond donors (Lipinski definition) is 1. The molecule has 1 N–H and O–H groups in total. The van der Waals surface area contributed by atoms with Gasteiger partial charge in [-0.1, -0.05) is 50.2 Å². The van der Waals surface area contributed by atoms with E-state index in [9.17, 15) is 13.2 Å². The SMILES string of the molecule is CCC(C(=O)NCC(C)c1ccccc1)N(c1ccc(C)c(C)c1)S(C)(=O)=O. The predicted molar refractivity (Wildman–Crippen MR) is 115 cm³/mol. The Labute approximate surface area is 168 Å². The smallest absolute Gasteiger partial charge is 0.243 e. The summed E-state index contributed by atoms with van der Waals surface area (Å²) in [5.74, 6) is -0.148. The van der Waals surface area contributed by atoms with Crippen LogP contribution in [-0.2, 0) is 14.8 Å². The first-order chi connectivity index (χ1) is 13.1. The molecule has 2 unspecified atom stereocenters. The van der Waals surface area contributed by atoms with Gasteiger partial charge in [-0.25, -0.2) is 8.42 Å². The molecule has 28 heavy (non-hydrogen) atoms. The number of hydrogen-bond acceptors (Lipinski definition) is 3. The van der Waals surface area contributed by atoms with Crippen molar-refractivity contribution in [2.45, 2.75) is 46.1 Å². The second-order valence-corrected chi connectivity index (χ2v) is 9.17. The molecule has 0 aliphatic rings. The molecule has 6 heteroatoms.